The maximum Gasteiger partial charge on any atom is 0.310 e. The molecule has 1 N–H and O–H groups in total. The molecule has 6 nitrogen and oxygen atoms in total. The van der Waals surface area contributed by atoms with Gasteiger partial charge in [-0.3, -0.25) is 14.9 Å². The Morgan fingerprint density at radius 2 is 2.29 bits per heavy atom. The number of hydrogen-bond donors (Lipinski definition) is 1. The first-order valence-corrected chi connectivity index (χ1v) is 5.30. The van der Waals surface area contributed by atoms with Gasteiger partial charge in [-0.1, -0.05) is 0 Å². The normalized spacial score (nSPS) is 9.76. The van der Waals surface area contributed by atoms with Crippen LogP contribution in [0.25, 0.3) is 0 Å². The summed E-state index contributed by atoms with van der Waals surface area (Å²) >= 11 is 5.43. The van der Waals surface area contributed by atoms with Crippen LogP contribution in [-0.2, 0) is 0 Å². The maximum atomic E-state index is 11.6. The van der Waals surface area contributed by atoms with Gasteiger partial charge >= 0.3 is 5.69 Å². The van der Waals surface area contributed by atoms with Gasteiger partial charge in [0.05, 0.1) is 12.0 Å². The minimum atomic E-state index is -0.570. The molecule has 0 aliphatic heterocycles. The number of benzene rings is 1. The number of nitro groups is 1. The van der Waals surface area contributed by atoms with Gasteiger partial charge in [0, 0.05) is 30.1 Å². The molecule has 92 valence electrons. The Morgan fingerprint density at radius 3 is 2.82 bits per heavy atom. The van der Waals surface area contributed by atoms with Crippen LogP contribution in [-0.4, -0.2) is 30.4 Å². The summed E-state index contributed by atoms with van der Waals surface area (Å²) in [5, 5.41) is 13.2. The fraction of sp³-hybridized carbons (Fsp3) is 0.300. The molecular formula is C10H11ClN2O4. The van der Waals surface area contributed by atoms with Crippen molar-refractivity contribution < 1.29 is 14.5 Å². The molecule has 0 saturated carbocycles. The highest BCUT2D eigenvalue weighted by molar-refractivity contribution is 6.18. The topological polar surface area (TPSA) is 81.5 Å². The van der Waals surface area contributed by atoms with Gasteiger partial charge in [-0.2, -0.15) is 0 Å². The lowest BCUT2D eigenvalue weighted by molar-refractivity contribution is -0.385. The van der Waals surface area contributed by atoms with E-state index in [-0.39, 0.29) is 22.9 Å². The second-order valence-corrected chi connectivity index (χ2v) is 3.47. The number of hydrogen-bond acceptors (Lipinski definition) is 4. The molecule has 1 aromatic carbocycles. The van der Waals surface area contributed by atoms with Crippen molar-refractivity contribution in [2.45, 2.75) is 0 Å². The van der Waals surface area contributed by atoms with Gasteiger partial charge in [0.2, 0.25) is 0 Å². The zero-order valence-corrected chi connectivity index (χ0v) is 9.86. The summed E-state index contributed by atoms with van der Waals surface area (Å²) in [5.41, 5.74) is 0.110. The predicted octanol–water partition coefficient (Wildman–Crippen LogP) is 1.57. The summed E-state index contributed by atoms with van der Waals surface area (Å²) in [4.78, 5) is 21.6. The van der Waals surface area contributed by atoms with Gasteiger partial charge in [-0.05, 0) is 6.07 Å². The summed E-state index contributed by atoms with van der Waals surface area (Å²) in [5.74, 6) is 0.00271. The van der Waals surface area contributed by atoms with E-state index in [0.29, 0.717) is 12.4 Å². The molecule has 1 rings (SSSR count). The first-order valence-electron chi connectivity index (χ1n) is 4.76. The Labute approximate surface area is 103 Å². The second kappa shape index (κ2) is 6.05. The van der Waals surface area contributed by atoms with E-state index in [4.69, 9.17) is 16.3 Å². The number of methoxy groups -OCH3 is 1. The van der Waals surface area contributed by atoms with Crippen molar-refractivity contribution in [3.05, 3.63) is 33.9 Å². The third kappa shape index (κ3) is 3.32. The monoisotopic (exact) mass is 258 g/mol. The average Bonchev–Trinajstić information content (AvgIpc) is 2.34. The molecule has 0 fully saturated rings. The van der Waals surface area contributed by atoms with Gasteiger partial charge in [0.15, 0.2) is 5.75 Å². The molecule has 0 saturated heterocycles. The van der Waals surface area contributed by atoms with Crippen LogP contribution in [0.4, 0.5) is 5.69 Å². The SMILES string of the molecule is COc1cc(C(=O)NCCCl)ccc1[N+](=O)[O-]. The van der Waals surface area contributed by atoms with E-state index in [1.807, 2.05) is 0 Å². The van der Waals surface area contributed by atoms with E-state index in [9.17, 15) is 14.9 Å². The number of nitro benzene ring substituents is 1. The standard InChI is InChI=1S/C10H11ClN2O4/c1-17-9-6-7(10(14)12-5-4-11)2-3-8(9)13(15)16/h2-3,6H,4-5H2,1H3,(H,12,14). The molecule has 7 heteroatoms. The molecule has 17 heavy (non-hydrogen) atoms. The van der Waals surface area contributed by atoms with Gasteiger partial charge in [-0.15, -0.1) is 11.6 Å². The number of nitrogens with one attached hydrogen (secondary N) is 1. The van der Waals surface area contributed by atoms with Crippen LogP contribution in [0.5, 0.6) is 5.75 Å². The highest BCUT2D eigenvalue weighted by atomic mass is 35.5. The second-order valence-electron chi connectivity index (χ2n) is 3.09. The molecule has 1 amide bonds. The molecule has 0 unspecified atom stereocenters. The number of amides is 1. The molecule has 0 aromatic heterocycles. The van der Waals surface area contributed by atoms with Crippen LogP contribution in [0.1, 0.15) is 10.4 Å². The summed E-state index contributed by atoms with van der Waals surface area (Å²) in [6.45, 7) is 0.333. The Bertz CT molecular complexity index is 436. The molecule has 0 bridgehead atoms. The molecule has 0 atom stereocenters. The van der Waals surface area contributed by atoms with Crippen molar-refractivity contribution in [3.8, 4) is 5.75 Å². The number of alkyl halides is 1. The average molecular weight is 259 g/mol. The zero-order valence-electron chi connectivity index (χ0n) is 9.10. The molecule has 0 radical (unpaired) electrons. The van der Waals surface area contributed by atoms with E-state index in [2.05, 4.69) is 5.32 Å². The van der Waals surface area contributed by atoms with Crippen LogP contribution < -0.4 is 10.1 Å². The molecule has 0 heterocycles. The van der Waals surface area contributed by atoms with E-state index in [1.54, 1.807) is 0 Å². The largest absolute Gasteiger partial charge is 0.490 e. The first-order chi connectivity index (χ1) is 8.10. The quantitative estimate of drug-likeness (QED) is 0.494. The number of rotatable bonds is 5. The number of halogens is 1. The lowest BCUT2D eigenvalue weighted by Gasteiger charge is -2.05. The Balaban J connectivity index is 2.97. The molecule has 1 aromatic rings. The van der Waals surface area contributed by atoms with E-state index in [1.165, 1.54) is 25.3 Å². The van der Waals surface area contributed by atoms with Crippen molar-refractivity contribution in [2.75, 3.05) is 19.5 Å². The summed E-state index contributed by atoms with van der Waals surface area (Å²) in [6.07, 6.45) is 0. The van der Waals surface area contributed by atoms with E-state index >= 15 is 0 Å². The van der Waals surface area contributed by atoms with Gasteiger partial charge < -0.3 is 10.1 Å². The molecule has 0 spiro atoms. The van der Waals surface area contributed by atoms with Crippen LogP contribution in [0.2, 0.25) is 0 Å². The number of carbonyl (C=O) groups is 1. The van der Waals surface area contributed by atoms with E-state index < -0.39 is 4.92 Å². The molecule has 0 aliphatic carbocycles. The number of ether oxygens (including phenoxy) is 1. The van der Waals surface area contributed by atoms with Gasteiger partial charge in [0.1, 0.15) is 0 Å². The van der Waals surface area contributed by atoms with Crippen molar-refractivity contribution in [2.24, 2.45) is 0 Å². The van der Waals surface area contributed by atoms with Crippen molar-refractivity contribution in [1.29, 1.82) is 0 Å². The van der Waals surface area contributed by atoms with E-state index in [0.717, 1.165) is 0 Å². The zero-order chi connectivity index (χ0) is 12.8. The Morgan fingerprint density at radius 1 is 1.59 bits per heavy atom. The van der Waals surface area contributed by atoms with Crippen molar-refractivity contribution in [3.63, 3.8) is 0 Å². The molecular weight excluding hydrogens is 248 g/mol. The van der Waals surface area contributed by atoms with Crippen molar-refractivity contribution in [1.82, 2.24) is 5.32 Å². The number of carbonyl (C=O) groups excluding carboxylic acids is 1. The smallest absolute Gasteiger partial charge is 0.310 e. The highest BCUT2D eigenvalue weighted by Gasteiger charge is 2.16. The fourth-order valence-corrected chi connectivity index (χ4v) is 1.33. The predicted molar refractivity (Wildman–Crippen MR) is 62.7 cm³/mol. The summed E-state index contributed by atoms with van der Waals surface area (Å²) in [7, 11) is 1.31. The Kier molecular flexibility index (Phi) is 4.71. The van der Waals surface area contributed by atoms with Gasteiger partial charge in [-0.25, -0.2) is 0 Å². The summed E-state index contributed by atoms with van der Waals surface area (Å²) < 4.78 is 4.85. The Hall–Kier alpha value is -1.82. The molecule has 0 aliphatic rings. The maximum absolute atomic E-state index is 11.6. The lowest BCUT2D eigenvalue weighted by Crippen LogP contribution is -2.25. The van der Waals surface area contributed by atoms with Crippen LogP contribution >= 0.6 is 11.6 Å². The third-order valence-electron chi connectivity index (χ3n) is 2.02. The number of nitrogens with zero attached hydrogens (tertiary/aromatic N) is 1. The third-order valence-corrected chi connectivity index (χ3v) is 2.21. The summed E-state index contributed by atoms with van der Waals surface area (Å²) in [6, 6.07) is 3.92. The lowest BCUT2D eigenvalue weighted by atomic mass is 10.2. The van der Waals surface area contributed by atoms with Crippen molar-refractivity contribution >= 4 is 23.2 Å². The van der Waals surface area contributed by atoms with Crippen LogP contribution in [0.15, 0.2) is 18.2 Å². The van der Waals surface area contributed by atoms with Gasteiger partial charge in [0.25, 0.3) is 5.91 Å². The minimum Gasteiger partial charge on any atom is -0.490 e. The van der Waals surface area contributed by atoms with Crippen LogP contribution in [0, 0.1) is 10.1 Å². The van der Waals surface area contributed by atoms with Crippen LogP contribution in [0.3, 0.4) is 0 Å². The first kappa shape index (κ1) is 13.2. The highest BCUT2D eigenvalue weighted by Crippen LogP contribution is 2.27. The minimum absolute atomic E-state index is 0.0496. The fourth-order valence-electron chi connectivity index (χ4n) is 1.23.